The second-order valence-electron chi connectivity index (χ2n) is 7.34. The molecule has 1 aliphatic heterocycles. The molecule has 1 aromatic carbocycles. The highest BCUT2D eigenvalue weighted by Crippen LogP contribution is 2.24. The third-order valence-corrected chi connectivity index (χ3v) is 6.02. The first kappa shape index (κ1) is 22.7. The van der Waals surface area contributed by atoms with Crippen molar-refractivity contribution in [2.24, 2.45) is 0 Å². The van der Waals surface area contributed by atoms with Crippen molar-refractivity contribution in [2.75, 3.05) is 31.5 Å². The fourth-order valence-corrected chi connectivity index (χ4v) is 3.99. The quantitative estimate of drug-likeness (QED) is 0.593. The van der Waals surface area contributed by atoms with Crippen LogP contribution >= 0.6 is 15.9 Å². The molecule has 0 spiro atoms. The normalized spacial score (nSPS) is 17.6. The number of amides is 3. The Morgan fingerprint density at radius 1 is 1.29 bits per heavy atom. The molecule has 2 atom stereocenters. The number of halogens is 1. The van der Waals surface area contributed by atoms with Crippen molar-refractivity contribution < 1.29 is 9.59 Å². The summed E-state index contributed by atoms with van der Waals surface area (Å²) < 4.78 is 0.824. The Morgan fingerprint density at radius 2 is 2.00 bits per heavy atom. The van der Waals surface area contributed by atoms with E-state index in [4.69, 9.17) is 0 Å². The number of rotatable bonds is 9. The van der Waals surface area contributed by atoms with Crippen molar-refractivity contribution >= 4 is 33.6 Å². The standard InChI is InChI=1S/C21H33BrN4O2/c1-4-25(5-2)14-8-10-16(3)23-20(27)19-13-9-15-26(19)21(28)24-18-12-7-6-11-17(18)22/h6-7,11-12,16,19H,4-5,8-10,13-15H2,1-3H3,(H,23,27)(H,24,28). The minimum absolute atomic E-state index is 0.0462. The van der Waals surface area contributed by atoms with Crippen molar-refractivity contribution in [3.8, 4) is 0 Å². The van der Waals surface area contributed by atoms with E-state index in [-0.39, 0.29) is 18.0 Å². The molecule has 2 rings (SSSR count). The Balaban J connectivity index is 1.84. The van der Waals surface area contributed by atoms with E-state index in [2.05, 4.69) is 45.3 Å². The number of nitrogens with zero attached hydrogens (tertiary/aromatic N) is 2. The molecule has 0 saturated carbocycles. The lowest BCUT2D eigenvalue weighted by molar-refractivity contribution is -0.125. The Bertz CT molecular complexity index is 651. The maximum Gasteiger partial charge on any atom is 0.322 e. The number of likely N-dealkylation sites (tertiary alicyclic amines) is 1. The molecule has 28 heavy (non-hydrogen) atoms. The van der Waals surface area contributed by atoms with E-state index < -0.39 is 6.04 Å². The Morgan fingerprint density at radius 3 is 2.68 bits per heavy atom. The van der Waals surface area contributed by atoms with Crippen molar-refractivity contribution in [1.82, 2.24) is 15.1 Å². The number of para-hydroxylation sites is 1. The zero-order chi connectivity index (χ0) is 20.5. The zero-order valence-corrected chi connectivity index (χ0v) is 18.8. The van der Waals surface area contributed by atoms with Crippen LogP contribution in [0.25, 0.3) is 0 Å². The van der Waals surface area contributed by atoms with E-state index in [1.165, 1.54) is 0 Å². The van der Waals surface area contributed by atoms with E-state index in [0.29, 0.717) is 18.7 Å². The summed E-state index contributed by atoms with van der Waals surface area (Å²) in [5.74, 6) is -0.0462. The first-order valence-corrected chi connectivity index (χ1v) is 11.1. The summed E-state index contributed by atoms with van der Waals surface area (Å²) in [6.07, 6.45) is 3.55. The SMILES string of the molecule is CCN(CC)CCCC(C)NC(=O)C1CCCN1C(=O)Nc1ccccc1Br. The van der Waals surface area contributed by atoms with Crippen LogP contribution in [0.3, 0.4) is 0 Å². The molecule has 1 aliphatic rings. The van der Waals surface area contributed by atoms with Gasteiger partial charge < -0.3 is 20.4 Å². The zero-order valence-electron chi connectivity index (χ0n) is 17.2. The molecule has 1 fully saturated rings. The van der Waals surface area contributed by atoms with Crippen LogP contribution < -0.4 is 10.6 Å². The third-order valence-electron chi connectivity index (χ3n) is 5.33. The second kappa shape index (κ2) is 11.4. The summed E-state index contributed by atoms with van der Waals surface area (Å²) in [4.78, 5) is 29.5. The molecule has 7 heteroatoms. The number of hydrogen-bond donors (Lipinski definition) is 2. The monoisotopic (exact) mass is 452 g/mol. The van der Waals surface area contributed by atoms with Gasteiger partial charge in [-0.05, 0) is 80.3 Å². The summed E-state index contributed by atoms with van der Waals surface area (Å²) in [6, 6.07) is 6.97. The van der Waals surface area contributed by atoms with Crippen LogP contribution in [0, 0.1) is 0 Å². The lowest BCUT2D eigenvalue weighted by Gasteiger charge is -2.26. The third kappa shape index (κ3) is 6.48. The van der Waals surface area contributed by atoms with Gasteiger partial charge in [-0.25, -0.2) is 4.79 Å². The minimum Gasteiger partial charge on any atom is -0.352 e. The number of benzene rings is 1. The molecule has 1 heterocycles. The fraction of sp³-hybridized carbons (Fsp3) is 0.619. The Hall–Kier alpha value is -1.60. The van der Waals surface area contributed by atoms with E-state index in [0.717, 1.165) is 43.4 Å². The van der Waals surface area contributed by atoms with Crippen molar-refractivity contribution in [1.29, 1.82) is 0 Å². The maximum absolute atomic E-state index is 12.7. The van der Waals surface area contributed by atoms with Crippen molar-refractivity contribution in [3.63, 3.8) is 0 Å². The Labute approximate surface area is 177 Å². The Kier molecular flexibility index (Phi) is 9.25. The first-order valence-electron chi connectivity index (χ1n) is 10.3. The van der Waals surface area contributed by atoms with Crippen molar-refractivity contribution in [2.45, 2.75) is 58.5 Å². The van der Waals surface area contributed by atoms with Gasteiger partial charge in [0.25, 0.3) is 0 Å². The van der Waals surface area contributed by atoms with Gasteiger partial charge in [0.2, 0.25) is 5.91 Å². The first-order chi connectivity index (χ1) is 13.5. The van der Waals surface area contributed by atoms with Crippen LogP contribution in [-0.2, 0) is 4.79 Å². The molecule has 0 aliphatic carbocycles. The summed E-state index contributed by atoms with van der Waals surface area (Å²) in [6.45, 7) is 10.1. The van der Waals surface area contributed by atoms with Gasteiger partial charge in [-0.3, -0.25) is 4.79 Å². The second-order valence-corrected chi connectivity index (χ2v) is 8.19. The summed E-state index contributed by atoms with van der Waals surface area (Å²) in [7, 11) is 0. The summed E-state index contributed by atoms with van der Waals surface area (Å²) >= 11 is 3.44. The number of carbonyl (C=O) groups is 2. The molecule has 3 amide bonds. The molecule has 0 radical (unpaired) electrons. The number of carbonyl (C=O) groups excluding carboxylic acids is 2. The number of urea groups is 1. The van der Waals surface area contributed by atoms with Gasteiger partial charge in [0.1, 0.15) is 6.04 Å². The molecule has 6 nitrogen and oxygen atoms in total. The minimum atomic E-state index is -0.396. The average Bonchev–Trinajstić information content (AvgIpc) is 3.17. The number of anilines is 1. The number of hydrogen-bond acceptors (Lipinski definition) is 3. The molecule has 156 valence electrons. The molecule has 1 aromatic rings. The van der Waals surface area contributed by atoms with E-state index in [1.54, 1.807) is 4.90 Å². The van der Waals surface area contributed by atoms with Crippen LogP contribution in [0.1, 0.15) is 46.5 Å². The van der Waals surface area contributed by atoms with Gasteiger partial charge in [0, 0.05) is 17.1 Å². The topological polar surface area (TPSA) is 64.7 Å². The summed E-state index contributed by atoms with van der Waals surface area (Å²) in [5.41, 5.74) is 0.711. The van der Waals surface area contributed by atoms with Gasteiger partial charge in [0.15, 0.2) is 0 Å². The average molecular weight is 453 g/mol. The highest BCUT2D eigenvalue weighted by molar-refractivity contribution is 9.10. The highest BCUT2D eigenvalue weighted by Gasteiger charge is 2.34. The van der Waals surface area contributed by atoms with Crippen molar-refractivity contribution in [3.05, 3.63) is 28.7 Å². The molecule has 0 aromatic heterocycles. The smallest absolute Gasteiger partial charge is 0.322 e. The molecule has 0 bridgehead atoms. The van der Waals surface area contributed by atoms with E-state index in [9.17, 15) is 9.59 Å². The lowest BCUT2D eigenvalue weighted by atomic mass is 10.1. The molecule has 2 unspecified atom stereocenters. The predicted molar refractivity (Wildman–Crippen MR) is 118 cm³/mol. The van der Waals surface area contributed by atoms with Gasteiger partial charge in [-0.2, -0.15) is 0 Å². The van der Waals surface area contributed by atoms with Crippen LogP contribution in [-0.4, -0.2) is 60.0 Å². The van der Waals surface area contributed by atoms with Gasteiger partial charge in [0.05, 0.1) is 5.69 Å². The van der Waals surface area contributed by atoms with Crippen LogP contribution in [0.15, 0.2) is 28.7 Å². The van der Waals surface area contributed by atoms with Gasteiger partial charge in [-0.1, -0.05) is 26.0 Å². The van der Waals surface area contributed by atoms with Gasteiger partial charge in [-0.15, -0.1) is 0 Å². The van der Waals surface area contributed by atoms with Crippen LogP contribution in [0.4, 0.5) is 10.5 Å². The fourth-order valence-electron chi connectivity index (χ4n) is 3.60. The van der Waals surface area contributed by atoms with E-state index >= 15 is 0 Å². The maximum atomic E-state index is 12.7. The largest absolute Gasteiger partial charge is 0.352 e. The summed E-state index contributed by atoms with van der Waals surface area (Å²) in [5, 5.41) is 6.01. The predicted octanol–water partition coefficient (Wildman–Crippen LogP) is 4.07. The van der Waals surface area contributed by atoms with Crippen LogP contribution in [0.2, 0.25) is 0 Å². The van der Waals surface area contributed by atoms with Gasteiger partial charge >= 0.3 is 6.03 Å². The number of nitrogens with one attached hydrogen (secondary N) is 2. The lowest BCUT2D eigenvalue weighted by Crippen LogP contribution is -2.49. The van der Waals surface area contributed by atoms with E-state index in [1.807, 2.05) is 31.2 Å². The molecule has 2 N–H and O–H groups in total. The highest BCUT2D eigenvalue weighted by atomic mass is 79.9. The van der Waals surface area contributed by atoms with Crippen LogP contribution in [0.5, 0.6) is 0 Å². The molecular weight excluding hydrogens is 420 g/mol. The molecular formula is C21H33BrN4O2. The molecule has 1 saturated heterocycles.